The third-order valence-corrected chi connectivity index (χ3v) is 3.89. The highest BCUT2D eigenvalue weighted by atomic mass is 79.9. The number of aromatic nitrogens is 1. The first-order chi connectivity index (χ1) is 10.5. The van der Waals surface area contributed by atoms with E-state index in [1.165, 1.54) is 0 Å². The number of aromatic amines is 1. The van der Waals surface area contributed by atoms with Gasteiger partial charge in [0.05, 0.1) is 5.52 Å². The topological polar surface area (TPSA) is 62.0 Å². The minimum atomic E-state index is -0.198. The second-order valence-corrected chi connectivity index (χ2v) is 5.96. The van der Waals surface area contributed by atoms with Crippen molar-refractivity contribution in [3.63, 3.8) is 0 Å². The van der Waals surface area contributed by atoms with Gasteiger partial charge in [-0.25, -0.2) is 0 Å². The number of benzene rings is 2. The molecule has 22 heavy (non-hydrogen) atoms. The zero-order chi connectivity index (χ0) is 15.7. The van der Waals surface area contributed by atoms with E-state index < -0.39 is 0 Å². The van der Waals surface area contributed by atoms with Crippen molar-refractivity contribution in [2.45, 2.75) is 6.92 Å². The van der Waals surface area contributed by atoms with E-state index in [0.717, 1.165) is 15.4 Å². The molecule has 4 nitrogen and oxygen atoms in total. The molecule has 1 heterocycles. The summed E-state index contributed by atoms with van der Waals surface area (Å²) in [5.41, 5.74) is 2.66. The smallest absolute Gasteiger partial charge is 0.255 e. The number of amides is 1. The predicted octanol–water partition coefficient (Wildman–Crippen LogP) is 3.85. The van der Waals surface area contributed by atoms with Crippen LogP contribution in [0.5, 0.6) is 0 Å². The summed E-state index contributed by atoms with van der Waals surface area (Å²) in [4.78, 5) is 26.6. The van der Waals surface area contributed by atoms with Crippen molar-refractivity contribution in [2.24, 2.45) is 0 Å². The minimum Gasteiger partial charge on any atom is -0.322 e. The molecule has 0 saturated carbocycles. The Kier molecular flexibility index (Phi) is 3.81. The van der Waals surface area contributed by atoms with E-state index >= 15 is 0 Å². The lowest BCUT2D eigenvalue weighted by Crippen LogP contribution is -2.12. The van der Waals surface area contributed by atoms with Crippen molar-refractivity contribution in [3.8, 4) is 0 Å². The summed E-state index contributed by atoms with van der Waals surface area (Å²) in [6.45, 7) is 1.89. The standard InChI is InChI=1S/C17H13BrN2O2/c1-10-7-16(21)20-15-9-13(5-6-14(10)15)19-17(22)11-3-2-4-12(18)8-11/h2-9H,1H3,(H,19,22)(H,20,21). The van der Waals surface area contributed by atoms with Crippen LogP contribution >= 0.6 is 15.9 Å². The van der Waals surface area contributed by atoms with Crippen LogP contribution in [0.3, 0.4) is 0 Å². The van der Waals surface area contributed by atoms with Crippen LogP contribution in [-0.4, -0.2) is 10.9 Å². The average molecular weight is 357 g/mol. The number of hydrogen-bond donors (Lipinski definition) is 2. The number of aryl methyl sites for hydroxylation is 1. The summed E-state index contributed by atoms with van der Waals surface area (Å²) in [6, 6.07) is 14.2. The second-order valence-electron chi connectivity index (χ2n) is 5.04. The summed E-state index contributed by atoms with van der Waals surface area (Å²) in [6.07, 6.45) is 0. The number of carbonyl (C=O) groups excluding carboxylic acids is 1. The Bertz CT molecular complexity index is 931. The van der Waals surface area contributed by atoms with E-state index in [2.05, 4.69) is 26.2 Å². The molecule has 0 spiro atoms. The number of hydrogen-bond acceptors (Lipinski definition) is 2. The van der Waals surface area contributed by atoms with Crippen molar-refractivity contribution in [1.29, 1.82) is 0 Å². The number of pyridine rings is 1. The molecule has 2 aromatic carbocycles. The fourth-order valence-corrected chi connectivity index (χ4v) is 2.74. The number of carbonyl (C=O) groups is 1. The summed E-state index contributed by atoms with van der Waals surface area (Å²) in [5, 5.41) is 3.79. The van der Waals surface area contributed by atoms with Crippen LogP contribution in [0.15, 0.2) is 57.8 Å². The SMILES string of the molecule is Cc1cc(=O)[nH]c2cc(NC(=O)c3cccc(Br)c3)ccc12. The first-order valence-electron chi connectivity index (χ1n) is 6.73. The molecule has 110 valence electrons. The van der Waals surface area contributed by atoms with E-state index in [1.807, 2.05) is 25.1 Å². The fourth-order valence-electron chi connectivity index (χ4n) is 2.35. The van der Waals surface area contributed by atoms with Gasteiger partial charge in [0.2, 0.25) is 5.56 Å². The molecule has 1 amide bonds. The third kappa shape index (κ3) is 2.94. The van der Waals surface area contributed by atoms with Gasteiger partial charge in [-0.15, -0.1) is 0 Å². The molecule has 0 aliphatic carbocycles. The van der Waals surface area contributed by atoms with Gasteiger partial charge in [-0.1, -0.05) is 28.1 Å². The Balaban J connectivity index is 1.94. The molecular weight excluding hydrogens is 344 g/mol. The maximum absolute atomic E-state index is 12.2. The van der Waals surface area contributed by atoms with Crippen LogP contribution < -0.4 is 10.9 Å². The van der Waals surface area contributed by atoms with Gasteiger partial charge in [-0.2, -0.15) is 0 Å². The van der Waals surface area contributed by atoms with E-state index in [0.29, 0.717) is 16.8 Å². The van der Waals surface area contributed by atoms with Gasteiger partial charge in [-0.05, 0) is 42.8 Å². The highest BCUT2D eigenvalue weighted by molar-refractivity contribution is 9.10. The fraction of sp³-hybridized carbons (Fsp3) is 0.0588. The number of halogens is 1. The van der Waals surface area contributed by atoms with Crippen LogP contribution in [0.4, 0.5) is 5.69 Å². The van der Waals surface area contributed by atoms with Gasteiger partial charge in [-0.3, -0.25) is 9.59 Å². The Morgan fingerprint density at radius 3 is 2.73 bits per heavy atom. The second kappa shape index (κ2) is 5.77. The van der Waals surface area contributed by atoms with E-state index in [-0.39, 0.29) is 11.5 Å². The quantitative estimate of drug-likeness (QED) is 0.732. The predicted molar refractivity (Wildman–Crippen MR) is 91.4 cm³/mol. The number of nitrogens with one attached hydrogen (secondary N) is 2. The van der Waals surface area contributed by atoms with Crippen molar-refractivity contribution < 1.29 is 4.79 Å². The monoisotopic (exact) mass is 356 g/mol. The summed E-state index contributed by atoms with van der Waals surface area (Å²) < 4.78 is 0.846. The Morgan fingerprint density at radius 2 is 1.95 bits per heavy atom. The number of H-pyrrole nitrogens is 1. The van der Waals surface area contributed by atoms with Crippen LogP contribution in [0.2, 0.25) is 0 Å². The average Bonchev–Trinajstić information content (AvgIpc) is 2.46. The number of anilines is 1. The molecule has 0 radical (unpaired) electrons. The molecule has 0 unspecified atom stereocenters. The molecular formula is C17H13BrN2O2. The number of rotatable bonds is 2. The molecule has 0 atom stereocenters. The molecule has 2 N–H and O–H groups in total. The van der Waals surface area contributed by atoms with Crippen molar-refractivity contribution in [3.05, 3.63) is 74.5 Å². The molecule has 0 aliphatic heterocycles. The van der Waals surface area contributed by atoms with Crippen molar-refractivity contribution in [1.82, 2.24) is 4.98 Å². The van der Waals surface area contributed by atoms with Crippen LogP contribution in [0.1, 0.15) is 15.9 Å². The van der Waals surface area contributed by atoms with Gasteiger partial charge in [0, 0.05) is 27.2 Å². The minimum absolute atomic E-state index is 0.152. The Hall–Kier alpha value is -2.40. The normalized spacial score (nSPS) is 10.6. The lowest BCUT2D eigenvalue weighted by Gasteiger charge is -2.08. The summed E-state index contributed by atoms with van der Waals surface area (Å²) in [5.74, 6) is -0.198. The lowest BCUT2D eigenvalue weighted by molar-refractivity contribution is 0.102. The van der Waals surface area contributed by atoms with Gasteiger partial charge >= 0.3 is 0 Å². The van der Waals surface area contributed by atoms with E-state index in [4.69, 9.17) is 0 Å². The maximum Gasteiger partial charge on any atom is 0.255 e. The van der Waals surface area contributed by atoms with Crippen molar-refractivity contribution in [2.75, 3.05) is 5.32 Å². The largest absolute Gasteiger partial charge is 0.322 e. The summed E-state index contributed by atoms with van der Waals surface area (Å²) >= 11 is 3.34. The van der Waals surface area contributed by atoms with E-state index in [9.17, 15) is 9.59 Å². The molecule has 0 bridgehead atoms. The van der Waals surface area contributed by atoms with E-state index in [1.54, 1.807) is 30.3 Å². The number of fused-ring (bicyclic) bond motifs is 1. The van der Waals surface area contributed by atoms with Gasteiger partial charge in [0.25, 0.3) is 5.91 Å². The molecule has 0 fully saturated rings. The third-order valence-electron chi connectivity index (χ3n) is 3.39. The van der Waals surface area contributed by atoms with Gasteiger partial charge < -0.3 is 10.3 Å². The summed E-state index contributed by atoms with van der Waals surface area (Å²) in [7, 11) is 0. The zero-order valence-electron chi connectivity index (χ0n) is 11.8. The molecule has 5 heteroatoms. The van der Waals surface area contributed by atoms with Crippen molar-refractivity contribution >= 4 is 38.4 Å². The first kappa shape index (κ1) is 14.5. The maximum atomic E-state index is 12.2. The molecule has 3 aromatic rings. The zero-order valence-corrected chi connectivity index (χ0v) is 13.4. The van der Waals surface area contributed by atoms with Crippen LogP contribution in [-0.2, 0) is 0 Å². The Labute approximate surface area is 135 Å². The van der Waals surface area contributed by atoms with Gasteiger partial charge in [0.1, 0.15) is 0 Å². The highest BCUT2D eigenvalue weighted by Crippen LogP contribution is 2.20. The lowest BCUT2D eigenvalue weighted by atomic mass is 10.1. The van der Waals surface area contributed by atoms with Crippen LogP contribution in [0, 0.1) is 6.92 Å². The highest BCUT2D eigenvalue weighted by Gasteiger charge is 2.07. The Morgan fingerprint density at radius 1 is 1.14 bits per heavy atom. The molecule has 0 saturated heterocycles. The molecule has 0 aliphatic rings. The van der Waals surface area contributed by atoms with Crippen LogP contribution in [0.25, 0.3) is 10.9 Å². The molecule has 1 aromatic heterocycles. The molecule has 3 rings (SSSR count). The first-order valence-corrected chi connectivity index (χ1v) is 7.53. The van der Waals surface area contributed by atoms with Gasteiger partial charge in [0.15, 0.2) is 0 Å².